The fourth-order valence-electron chi connectivity index (χ4n) is 1.80. The van der Waals surface area contributed by atoms with Gasteiger partial charge in [-0.15, -0.1) is 11.6 Å². The van der Waals surface area contributed by atoms with Crippen molar-refractivity contribution in [1.29, 1.82) is 0 Å². The van der Waals surface area contributed by atoms with Crippen molar-refractivity contribution in [2.75, 3.05) is 5.32 Å². The number of alkyl halides is 1. The molecule has 0 aliphatic heterocycles. The average molecular weight is 418 g/mol. The quantitative estimate of drug-likeness (QED) is 0.656. The van der Waals surface area contributed by atoms with Gasteiger partial charge in [0.1, 0.15) is 0 Å². The lowest BCUT2D eigenvalue weighted by molar-refractivity contribution is 0.102. The van der Waals surface area contributed by atoms with Crippen LogP contribution in [0.2, 0.25) is 0 Å². The summed E-state index contributed by atoms with van der Waals surface area (Å²) in [7, 11) is 0. The lowest BCUT2D eigenvalue weighted by atomic mass is 10.1. The number of halogens is 3. The molecule has 0 atom stereocenters. The highest BCUT2D eigenvalue weighted by molar-refractivity contribution is 9.11. The highest BCUT2D eigenvalue weighted by Crippen LogP contribution is 2.32. The van der Waals surface area contributed by atoms with Crippen molar-refractivity contribution < 1.29 is 4.79 Å². The normalized spacial score (nSPS) is 10.4. The zero-order valence-electron chi connectivity index (χ0n) is 10.7. The van der Waals surface area contributed by atoms with Crippen molar-refractivity contribution in [2.45, 2.75) is 12.8 Å². The van der Waals surface area contributed by atoms with Crippen molar-refractivity contribution in [2.24, 2.45) is 0 Å². The molecule has 0 bridgehead atoms. The van der Waals surface area contributed by atoms with Gasteiger partial charge < -0.3 is 5.32 Å². The van der Waals surface area contributed by atoms with Gasteiger partial charge in [0.25, 0.3) is 5.91 Å². The summed E-state index contributed by atoms with van der Waals surface area (Å²) in [6.45, 7) is 1.99. The molecule has 0 saturated carbocycles. The average Bonchev–Trinajstić information content (AvgIpc) is 2.42. The van der Waals surface area contributed by atoms with E-state index in [2.05, 4.69) is 37.2 Å². The zero-order chi connectivity index (χ0) is 14.7. The lowest BCUT2D eigenvalue weighted by Gasteiger charge is -2.11. The largest absolute Gasteiger partial charge is 0.320 e. The van der Waals surface area contributed by atoms with Gasteiger partial charge in [0.15, 0.2) is 0 Å². The third-order valence-electron chi connectivity index (χ3n) is 2.77. The Hall–Kier alpha value is -0.840. The number of hydrogen-bond acceptors (Lipinski definition) is 1. The number of nitrogens with one attached hydrogen (secondary N) is 1. The van der Waals surface area contributed by atoms with Gasteiger partial charge in [-0.1, -0.05) is 12.1 Å². The molecule has 0 saturated heterocycles. The Balaban J connectivity index is 2.28. The van der Waals surface area contributed by atoms with E-state index in [-0.39, 0.29) is 5.91 Å². The summed E-state index contributed by atoms with van der Waals surface area (Å²) in [5.74, 6) is 0.223. The van der Waals surface area contributed by atoms with Crippen molar-refractivity contribution in [3.8, 4) is 0 Å². The highest BCUT2D eigenvalue weighted by Gasteiger charge is 2.12. The summed E-state index contributed by atoms with van der Waals surface area (Å²) in [6.07, 6.45) is 0. The summed E-state index contributed by atoms with van der Waals surface area (Å²) >= 11 is 12.7. The van der Waals surface area contributed by atoms with E-state index in [1.165, 1.54) is 0 Å². The lowest BCUT2D eigenvalue weighted by Crippen LogP contribution is -2.13. The molecule has 0 unspecified atom stereocenters. The SMILES string of the molecule is Cc1cc(Br)c(NC(=O)c2cccc(CCl)c2)c(Br)c1. The number of hydrogen-bond donors (Lipinski definition) is 1. The molecule has 0 aromatic heterocycles. The Kier molecular flexibility index (Phi) is 5.24. The summed E-state index contributed by atoms with van der Waals surface area (Å²) in [5, 5.41) is 2.90. The fraction of sp³-hybridized carbons (Fsp3) is 0.133. The van der Waals surface area contributed by atoms with Crippen molar-refractivity contribution >= 4 is 55.1 Å². The third kappa shape index (κ3) is 3.62. The monoisotopic (exact) mass is 415 g/mol. The van der Waals surface area contributed by atoms with Gasteiger partial charge in [-0.2, -0.15) is 0 Å². The summed E-state index contributed by atoms with van der Waals surface area (Å²) < 4.78 is 1.68. The second-order valence-electron chi connectivity index (χ2n) is 4.39. The molecule has 1 N–H and O–H groups in total. The molecule has 0 aliphatic rings. The van der Waals surface area contributed by atoms with Crippen LogP contribution < -0.4 is 5.32 Å². The van der Waals surface area contributed by atoms with Crippen molar-refractivity contribution in [1.82, 2.24) is 0 Å². The molecular formula is C15H12Br2ClNO. The number of amides is 1. The van der Waals surface area contributed by atoms with E-state index >= 15 is 0 Å². The minimum absolute atomic E-state index is 0.165. The van der Waals surface area contributed by atoms with Crippen LogP contribution in [0.5, 0.6) is 0 Å². The minimum atomic E-state index is -0.165. The first-order valence-corrected chi connectivity index (χ1v) is 8.05. The molecule has 2 nitrogen and oxygen atoms in total. The Morgan fingerprint density at radius 1 is 1.20 bits per heavy atom. The van der Waals surface area contributed by atoms with Crippen LogP contribution in [0.15, 0.2) is 45.3 Å². The van der Waals surface area contributed by atoms with Gasteiger partial charge in [-0.25, -0.2) is 0 Å². The molecule has 0 spiro atoms. The molecule has 2 rings (SSSR count). The molecule has 0 radical (unpaired) electrons. The molecule has 5 heteroatoms. The van der Waals surface area contributed by atoms with Crippen LogP contribution in [0.25, 0.3) is 0 Å². The molecule has 0 fully saturated rings. The van der Waals surface area contributed by atoms with Crippen LogP contribution in [-0.4, -0.2) is 5.91 Å². The van der Waals surface area contributed by atoms with Crippen molar-refractivity contribution in [3.63, 3.8) is 0 Å². The summed E-state index contributed by atoms with van der Waals surface area (Å²) in [4.78, 5) is 12.3. The minimum Gasteiger partial charge on any atom is -0.320 e. The standard InChI is InChI=1S/C15H12Br2ClNO/c1-9-5-12(16)14(13(17)6-9)19-15(20)11-4-2-3-10(7-11)8-18/h2-7H,8H2,1H3,(H,19,20). The Bertz CT molecular complexity index is 635. The van der Waals surface area contributed by atoms with Crippen LogP contribution >= 0.6 is 43.5 Å². The summed E-state index contributed by atoms with van der Waals surface area (Å²) in [6, 6.07) is 11.2. The zero-order valence-corrected chi connectivity index (χ0v) is 14.6. The molecule has 104 valence electrons. The predicted octanol–water partition coefficient (Wildman–Crippen LogP) is 5.51. The molecule has 0 aliphatic carbocycles. The maximum absolute atomic E-state index is 12.3. The Morgan fingerprint density at radius 2 is 1.85 bits per heavy atom. The van der Waals surface area contributed by atoms with Crippen molar-refractivity contribution in [3.05, 3.63) is 62.0 Å². The van der Waals surface area contributed by atoms with Gasteiger partial charge in [0.05, 0.1) is 5.69 Å². The van der Waals surface area contributed by atoms with E-state index in [9.17, 15) is 4.79 Å². The van der Waals surface area contributed by atoms with Gasteiger partial charge in [0.2, 0.25) is 0 Å². The van der Waals surface area contributed by atoms with Crippen LogP contribution in [-0.2, 0) is 5.88 Å². The van der Waals surface area contributed by atoms with E-state index in [1.54, 1.807) is 12.1 Å². The molecule has 2 aromatic carbocycles. The van der Waals surface area contributed by atoms with Crippen LogP contribution in [0.4, 0.5) is 5.69 Å². The smallest absolute Gasteiger partial charge is 0.255 e. The first kappa shape index (κ1) is 15.5. The molecular weight excluding hydrogens is 405 g/mol. The molecule has 0 heterocycles. The van der Waals surface area contributed by atoms with E-state index in [4.69, 9.17) is 11.6 Å². The second-order valence-corrected chi connectivity index (χ2v) is 6.37. The maximum atomic E-state index is 12.3. The number of carbonyl (C=O) groups excluding carboxylic acids is 1. The first-order valence-electron chi connectivity index (χ1n) is 5.93. The van der Waals surface area contributed by atoms with Gasteiger partial charge in [-0.05, 0) is 74.2 Å². The highest BCUT2D eigenvalue weighted by atomic mass is 79.9. The van der Waals surface area contributed by atoms with Gasteiger partial charge in [-0.3, -0.25) is 4.79 Å². The topological polar surface area (TPSA) is 29.1 Å². The maximum Gasteiger partial charge on any atom is 0.255 e. The number of anilines is 1. The Labute approximate surface area is 139 Å². The summed E-state index contributed by atoms with van der Waals surface area (Å²) in [5.41, 5.74) is 3.33. The van der Waals surface area contributed by atoms with E-state index in [0.29, 0.717) is 11.4 Å². The van der Waals surface area contributed by atoms with Crippen LogP contribution in [0, 0.1) is 6.92 Å². The first-order chi connectivity index (χ1) is 9.51. The number of benzene rings is 2. The molecule has 2 aromatic rings. The third-order valence-corrected chi connectivity index (χ3v) is 4.33. The number of carbonyl (C=O) groups is 1. The predicted molar refractivity (Wildman–Crippen MR) is 90.5 cm³/mol. The van der Waals surface area contributed by atoms with E-state index < -0.39 is 0 Å². The Morgan fingerprint density at radius 3 is 2.45 bits per heavy atom. The van der Waals surface area contributed by atoms with E-state index in [1.807, 2.05) is 31.2 Å². The van der Waals surface area contributed by atoms with Crippen LogP contribution in [0.3, 0.4) is 0 Å². The van der Waals surface area contributed by atoms with E-state index in [0.717, 1.165) is 25.8 Å². The second kappa shape index (κ2) is 6.74. The molecule has 20 heavy (non-hydrogen) atoms. The number of rotatable bonds is 3. The van der Waals surface area contributed by atoms with Gasteiger partial charge in [0, 0.05) is 20.4 Å². The molecule has 1 amide bonds. The number of aryl methyl sites for hydroxylation is 1. The van der Waals surface area contributed by atoms with Crippen LogP contribution in [0.1, 0.15) is 21.5 Å². The van der Waals surface area contributed by atoms with Gasteiger partial charge >= 0.3 is 0 Å². The fourth-order valence-corrected chi connectivity index (χ4v) is 3.58.